The van der Waals surface area contributed by atoms with Crippen LogP contribution in [0.2, 0.25) is 0 Å². The predicted octanol–water partition coefficient (Wildman–Crippen LogP) is 1.23. The van der Waals surface area contributed by atoms with Gasteiger partial charge in [-0.2, -0.15) is 0 Å². The molecule has 0 fully saturated rings. The SMILES string of the molecule is Nc1ccc(OC(=O)COC(=O)CCC(=O)OCC(=O)Oc2ccc(N)cc2)cc1. The van der Waals surface area contributed by atoms with Crippen molar-refractivity contribution in [2.75, 3.05) is 24.7 Å². The minimum atomic E-state index is -0.800. The molecule has 0 aliphatic carbocycles. The van der Waals surface area contributed by atoms with Crippen molar-refractivity contribution < 1.29 is 38.1 Å². The molecule has 0 aromatic heterocycles. The summed E-state index contributed by atoms with van der Waals surface area (Å²) in [4.78, 5) is 46.4. The smallest absolute Gasteiger partial charge is 0.349 e. The lowest BCUT2D eigenvalue weighted by Crippen LogP contribution is -2.21. The van der Waals surface area contributed by atoms with Gasteiger partial charge in [-0.1, -0.05) is 0 Å². The van der Waals surface area contributed by atoms with Crippen LogP contribution in [0.15, 0.2) is 48.5 Å². The Labute approximate surface area is 171 Å². The molecule has 0 aliphatic rings. The van der Waals surface area contributed by atoms with Crippen LogP contribution in [0.25, 0.3) is 0 Å². The van der Waals surface area contributed by atoms with Crippen LogP contribution in [0.3, 0.4) is 0 Å². The first kappa shape index (κ1) is 22.2. The highest BCUT2D eigenvalue weighted by Crippen LogP contribution is 2.14. The molecular formula is C20H20N2O8. The van der Waals surface area contributed by atoms with Crippen LogP contribution < -0.4 is 20.9 Å². The van der Waals surface area contributed by atoms with Crippen LogP contribution in [0.1, 0.15) is 12.8 Å². The molecule has 4 N–H and O–H groups in total. The Bertz CT molecular complexity index is 819. The van der Waals surface area contributed by atoms with Crippen molar-refractivity contribution in [3.8, 4) is 11.5 Å². The van der Waals surface area contributed by atoms with E-state index in [0.29, 0.717) is 11.4 Å². The van der Waals surface area contributed by atoms with E-state index in [0.717, 1.165) is 0 Å². The van der Waals surface area contributed by atoms with Crippen molar-refractivity contribution in [3.05, 3.63) is 48.5 Å². The molecule has 0 atom stereocenters. The van der Waals surface area contributed by atoms with Gasteiger partial charge >= 0.3 is 23.9 Å². The first-order valence-corrected chi connectivity index (χ1v) is 8.75. The fraction of sp³-hybridized carbons (Fsp3) is 0.200. The van der Waals surface area contributed by atoms with Gasteiger partial charge in [0, 0.05) is 11.4 Å². The summed E-state index contributed by atoms with van der Waals surface area (Å²) in [5.41, 5.74) is 12.0. The van der Waals surface area contributed by atoms with Crippen LogP contribution >= 0.6 is 0 Å². The van der Waals surface area contributed by atoms with E-state index in [1.807, 2.05) is 0 Å². The highest BCUT2D eigenvalue weighted by atomic mass is 16.6. The lowest BCUT2D eigenvalue weighted by Gasteiger charge is -2.07. The Hall–Kier alpha value is -4.08. The van der Waals surface area contributed by atoms with Crippen molar-refractivity contribution in [1.82, 2.24) is 0 Å². The molecule has 0 radical (unpaired) electrons. The Morgan fingerprint density at radius 2 is 0.900 bits per heavy atom. The van der Waals surface area contributed by atoms with Gasteiger partial charge in [0.05, 0.1) is 12.8 Å². The van der Waals surface area contributed by atoms with E-state index in [1.54, 1.807) is 24.3 Å². The summed E-state index contributed by atoms with van der Waals surface area (Å²) < 4.78 is 19.3. The number of nitrogen functional groups attached to an aromatic ring is 2. The van der Waals surface area contributed by atoms with Crippen molar-refractivity contribution in [3.63, 3.8) is 0 Å². The number of ether oxygens (including phenoxy) is 4. The van der Waals surface area contributed by atoms with E-state index >= 15 is 0 Å². The summed E-state index contributed by atoms with van der Waals surface area (Å²) in [6.07, 6.45) is -0.665. The largest absolute Gasteiger partial charge is 0.454 e. The first-order chi connectivity index (χ1) is 14.3. The monoisotopic (exact) mass is 416 g/mol. The summed E-state index contributed by atoms with van der Waals surface area (Å²) in [6.45, 7) is -1.24. The average Bonchev–Trinajstić information content (AvgIpc) is 2.72. The zero-order valence-corrected chi connectivity index (χ0v) is 15.9. The third-order valence-electron chi connectivity index (χ3n) is 3.46. The molecule has 10 nitrogen and oxygen atoms in total. The van der Waals surface area contributed by atoms with E-state index in [4.69, 9.17) is 30.4 Å². The second kappa shape index (κ2) is 11.1. The minimum Gasteiger partial charge on any atom is -0.454 e. The topological polar surface area (TPSA) is 157 Å². The van der Waals surface area contributed by atoms with Crippen LogP contribution in [-0.2, 0) is 28.7 Å². The standard InChI is InChI=1S/C20H20N2O8/c21-13-1-5-15(6-2-13)29-19(25)11-27-17(23)9-10-18(24)28-12-20(26)30-16-7-3-14(22)4-8-16/h1-8H,9-12,21-22H2. The highest BCUT2D eigenvalue weighted by Gasteiger charge is 2.14. The molecule has 2 rings (SSSR count). The van der Waals surface area contributed by atoms with Gasteiger partial charge in [-0.15, -0.1) is 0 Å². The van der Waals surface area contributed by atoms with Gasteiger partial charge in [-0.05, 0) is 48.5 Å². The molecule has 2 aromatic carbocycles. The second-order valence-corrected chi connectivity index (χ2v) is 5.91. The van der Waals surface area contributed by atoms with Gasteiger partial charge in [0.1, 0.15) is 11.5 Å². The Morgan fingerprint density at radius 3 is 1.23 bits per heavy atom. The maximum absolute atomic E-state index is 11.6. The number of carbonyl (C=O) groups is 4. The van der Waals surface area contributed by atoms with Gasteiger partial charge < -0.3 is 30.4 Å². The van der Waals surface area contributed by atoms with Crippen molar-refractivity contribution in [2.24, 2.45) is 0 Å². The average molecular weight is 416 g/mol. The molecule has 2 aromatic rings. The van der Waals surface area contributed by atoms with Crippen molar-refractivity contribution in [1.29, 1.82) is 0 Å². The van der Waals surface area contributed by atoms with E-state index in [1.165, 1.54) is 24.3 Å². The number of rotatable bonds is 9. The molecule has 0 bridgehead atoms. The fourth-order valence-electron chi connectivity index (χ4n) is 2.02. The van der Waals surface area contributed by atoms with Gasteiger partial charge in [0.15, 0.2) is 13.2 Å². The van der Waals surface area contributed by atoms with E-state index in [2.05, 4.69) is 0 Å². The molecule has 0 unspecified atom stereocenters. The molecule has 0 aliphatic heterocycles. The fourth-order valence-corrected chi connectivity index (χ4v) is 2.02. The first-order valence-electron chi connectivity index (χ1n) is 8.75. The lowest BCUT2D eigenvalue weighted by atomic mass is 10.3. The van der Waals surface area contributed by atoms with E-state index in [9.17, 15) is 19.2 Å². The van der Waals surface area contributed by atoms with Crippen LogP contribution in [0, 0.1) is 0 Å². The molecule has 10 heteroatoms. The number of benzene rings is 2. The number of nitrogens with two attached hydrogens (primary N) is 2. The van der Waals surface area contributed by atoms with Gasteiger partial charge in [0.2, 0.25) is 0 Å². The summed E-state index contributed by atoms with van der Waals surface area (Å²) >= 11 is 0. The Kier molecular flexibility index (Phi) is 8.18. The number of hydrogen-bond donors (Lipinski definition) is 2. The number of esters is 4. The molecule has 0 saturated carbocycles. The third kappa shape index (κ3) is 8.30. The minimum absolute atomic E-state index is 0.250. The molecule has 0 amide bonds. The van der Waals surface area contributed by atoms with Gasteiger partial charge in [-0.25, -0.2) is 9.59 Å². The normalized spacial score (nSPS) is 10.0. The maximum Gasteiger partial charge on any atom is 0.349 e. The zero-order chi connectivity index (χ0) is 21.9. The Balaban J connectivity index is 1.60. The number of anilines is 2. The molecule has 158 valence electrons. The van der Waals surface area contributed by atoms with Crippen LogP contribution in [0.5, 0.6) is 11.5 Å². The number of hydrogen-bond acceptors (Lipinski definition) is 10. The second-order valence-electron chi connectivity index (χ2n) is 5.91. The quantitative estimate of drug-likeness (QED) is 0.346. The third-order valence-corrected chi connectivity index (χ3v) is 3.46. The maximum atomic E-state index is 11.6. The van der Waals surface area contributed by atoms with Crippen LogP contribution in [-0.4, -0.2) is 37.1 Å². The summed E-state index contributed by atoms with van der Waals surface area (Å²) in [5, 5.41) is 0. The molecule has 0 saturated heterocycles. The summed E-state index contributed by atoms with van der Waals surface area (Å²) in [7, 11) is 0. The molecule has 0 spiro atoms. The van der Waals surface area contributed by atoms with E-state index < -0.39 is 37.1 Å². The van der Waals surface area contributed by atoms with Gasteiger partial charge in [-0.3, -0.25) is 9.59 Å². The molecular weight excluding hydrogens is 396 g/mol. The highest BCUT2D eigenvalue weighted by molar-refractivity contribution is 5.82. The molecule has 30 heavy (non-hydrogen) atoms. The summed E-state index contributed by atoms with van der Waals surface area (Å²) in [6, 6.07) is 12.1. The molecule has 0 heterocycles. The van der Waals surface area contributed by atoms with E-state index in [-0.39, 0.29) is 24.3 Å². The van der Waals surface area contributed by atoms with Crippen LogP contribution in [0.4, 0.5) is 11.4 Å². The lowest BCUT2D eigenvalue weighted by molar-refractivity contribution is -0.157. The van der Waals surface area contributed by atoms with Crippen molar-refractivity contribution in [2.45, 2.75) is 12.8 Å². The Morgan fingerprint density at radius 1 is 0.567 bits per heavy atom. The predicted molar refractivity (Wildman–Crippen MR) is 104 cm³/mol. The zero-order valence-electron chi connectivity index (χ0n) is 15.9. The summed E-state index contributed by atoms with van der Waals surface area (Å²) in [5.74, 6) is -2.68. The number of carbonyl (C=O) groups excluding carboxylic acids is 4. The van der Waals surface area contributed by atoms with Gasteiger partial charge in [0.25, 0.3) is 0 Å². The van der Waals surface area contributed by atoms with Crippen molar-refractivity contribution >= 4 is 35.3 Å².